The van der Waals surface area contributed by atoms with Gasteiger partial charge in [-0.2, -0.15) is 0 Å². The molecule has 0 bridgehead atoms. The van der Waals surface area contributed by atoms with Crippen molar-refractivity contribution in [1.29, 1.82) is 0 Å². The summed E-state index contributed by atoms with van der Waals surface area (Å²) in [4.78, 5) is 50.0. The van der Waals surface area contributed by atoms with Crippen LogP contribution in [0.3, 0.4) is 0 Å². The van der Waals surface area contributed by atoms with Gasteiger partial charge in [0.1, 0.15) is 159 Å². The van der Waals surface area contributed by atoms with Crippen molar-refractivity contribution in [2.24, 2.45) is 0 Å². The molecule has 0 aromatic carbocycles. The van der Waals surface area contributed by atoms with Crippen molar-refractivity contribution in [2.45, 2.75) is 243 Å². The first-order valence-electron chi connectivity index (χ1n) is 28.4. The molecular weight excluding hydrogens is 1220 g/mol. The molecule has 4 amide bonds. The summed E-state index contributed by atoms with van der Waals surface area (Å²) >= 11 is 0. The van der Waals surface area contributed by atoms with Gasteiger partial charge in [0.2, 0.25) is 23.6 Å². The summed E-state index contributed by atoms with van der Waals surface area (Å²) in [5.74, 6) is -3.37. The molecule has 0 unspecified atom stereocenters. The Kier molecular flexibility index (Phi) is 27.8. The van der Waals surface area contributed by atoms with E-state index in [1.165, 1.54) is 6.92 Å². The SMILES string of the molecule is CC(=O)N[C@H]1[C@H](O[C@H]2[C@@H](O)[C@@H](CO)O[C@@H](O[C@@H]([C@@H](O)[C@H](O)CO[C@@H]3O[C@H](CO)[C@@H](O[C@@H]4O[C@H](CO)[C@H](O)[C@H](O[C@@H]5O[C@H](CO)[C@H](O)[C@H](O)[C@H]5NC(C)=O)[C@H]4O)[C@H](O[C@H]4O[C@H](C)[C@H](O)[C@H](O)[C@H]4O)[C@H]3NC(C)=O)[C@H](CO)NC(C)=O)[C@@H]2O)O[C@H](CO)[C@H](O)[C@@H]1O. The molecule has 0 spiro atoms. The summed E-state index contributed by atoms with van der Waals surface area (Å²) < 4.78 is 70.4. The lowest BCUT2D eigenvalue weighted by Gasteiger charge is -2.51. The van der Waals surface area contributed by atoms with Gasteiger partial charge in [0.05, 0.1) is 58.4 Å². The molecule has 6 fully saturated rings. The molecule has 0 aromatic heterocycles. The van der Waals surface area contributed by atoms with E-state index in [9.17, 15) is 116 Å². The Hall–Kier alpha value is -3.36. The second kappa shape index (κ2) is 33.2. The quantitative estimate of drug-likeness (QED) is 0.0382. The van der Waals surface area contributed by atoms with Gasteiger partial charge in [-0.1, -0.05) is 0 Å². The fourth-order valence-corrected chi connectivity index (χ4v) is 11.1. The third-order valence-electron chi connectivity index (χ3n) is 15.8. The maximum atomic E-state index is 13.2. The Labute approximate surface area is 506 Å². The van der Waals surface area contributed by atoms with Crippen LogP contribution < -0.4 is 21.3 Å². The van der Waals surface area contributed by atoms with E-state index in [4.69, 9.17) is 56.8 Å². The van der Waals surface area contributed by atoms with Crippen molar-refractivity contribution in [3.8, 4) is 0 Å². The first kappa shape index (κ1) is 74.7. The van der Waals surface area contributed by atoms with Gasteiger partial charge >= 0.3 is 0 Å². The zero-order valence-electron chi connectivity index (χ0n) is 48.6. The second-order valence-corrected chi connectivity index (χ2v) is 22.3. The molecule has 0 aromatic rings. The maximum Gasteiger partial charge on any atom is 0.217 e. The summed E-state index contributed by atoms with van der Waals surface area (Å²) in [6.45, 7) is -2.08. The number of aliphatic hydroxyl groups excluding tert-OH is 19. The third kappa shape index (κ3) is 17.5. The van der Waals surface area contributed by atoms with Gasteiger partial charge in [0.15, 0.2) is 37.7 Å². The molecule has 6 rings (SSSR count). The number of amides is 4. The van der Waals surface area contributed by atoms with Gasteiger partial charge in [0, 0.05) is 27.7 Å². The Bertz CT molecular complexity index is 2240. The molecule has 0 saturated carbocycles. The van der Waals surface area contributed by atoms with Crippen LogP contribution in [0, 0.1) is 0 Å². The smallest absolute Gasteiger partial charge is 0.217 e. The molecule has 39 heteroatoms. The highest BCUT2D eigenvalue weighted by Gasteiger charge is 2.58. The summed E-state index contributed by atoms with van der Waals surface area (Å²) in [6, 6.07) is -6.90. The highest BCUT2D eigenvalue weighted by atomic mass is 16.8. The predicted molar refractivity (Wildman–Crippen MR) is 279 cm³/mol. The van der Waals surface area contributed by atoms with E-state index in [0.717, 1.165) is 27.7 Å². The fourth-order valence-electron chi connectivity index (χ4n) is 11.1. The second-order valence-electron chi connectivity index (χ2n) is 22.3. The predicted octanol–water partition coefficient (Wildman–Crippen LogP) is -15.0. The molecule has 34 atom stereocenters. The van der Waals surface area contributed by atoms with Gasteiger partial charge in [-0.25, -0.2) is 0 Å². The highest BCUT2D eigenvalue weighted by Crippen LogP contribution is 2.37. The monoisotopic (exact) mass is 1300 g/mol. The van der Waals surface area contributed by atoms with E-state index in [2.05, 4.69) is 21.3 Å². The number of carbonyl (C=O) groups excluding carboxylic acids is 4. The number of ether oxygens (including phenoxy) is 12. The van der Waals surface area contributed by atoms with Crippen LogP contribution in [0.5, 0.6) is 0 Å². The number of rotatable bonds is 26. The van der Waals surface area contributed by atoms with Crippen molar-refractivity contribution >= 4 is 23.6 Å². The molecule has 0 radical (unpaired) electrons. The number of hydrogen-bond acceptors (Lipinski definition) is 35. The van der Waals surface area contributed by atoms with Crippen LogP contribution in [0.15, 0.2) is 0 Å². The number of aliphatic hydroxyl groups is 19. The minimum Gasteiger partial charge on any atom is -0.394 e. The Morgan fingerprint density at radius 2 is 0.798 bits per heavy atom. The third-order valence-corrected chi connectivity index (χ3v) is 15.8. The maximum absolute atomic E-state index is 13.2. The normalized spacial score (nSPS) is 44.3. The lowest BCUT2D eigenvalue weighted by Crippen LogP contribution is -2.70. The molecule has 6 aliphatic heterocycles. The van der Waals surface area contributed by atoms with Crippen LogP contribution >= 0.6 is 0 Å². The van der Waals surface area contributed by atoms with Crippen molar-refractivity contribution in [3.63, 3.8) is 0 Å². The van der Waals surface area contributed by atoms with Crippen molar-refractivity contribution in [2.75, 3.05) is 46.2 Å². The molecule has 89 heavy (non-hydrogen) atoms. The Morgan fingerprint density at radius 3 is 1.25 bits per heavy atom. The Morgan fingerprint density at radius 1 is 0.404 bits per heavy atom. The zero-order chi connectivity index (χ0) is 66.2. The lowest BCUT2D eigenvalue weighted by molar-refractivity contribution is -0.383. The van der Waals surface area contributed by atoms with Gasteiger partial charge in [-0.15, -0.1) is 0 Å². The van der Waals surface area contributed by atoms with Crippen LogP contribution in [-0.2, 0) is 76.0 Å². The van der Waals surface area contributed by atoms with Crippen molar-refractivity contribution < 1.29 is 173 Å². The Balaban J connectivity index is 1.31. The van der Waals surface area contributed by atoms with E-state index < -0.39 is 278 Å². The molecule has 23 N–H and O–H groups in total. The molecule has 39 nitrogen and oxygen atoms in total. The van der Waals surface area contributed by atoms with Crippen LogP contribution in [0.25, 0.3) is 0 Å². The fraction of sp³-hybridized carbons (Fsp3) is 0.920. The van der Waals surface area contributed by atoms with E-state index in [-0.39, 0.29) is 0 Å². The molecule has 516 valence electrons. The summed E-state index contributed by atoms with van der Waals surface area (Å²) in [5, 5.41) is 217. The number of hydrogen-bond donors (Lipinski definition) is 23. The molecule has 0 aliphatic carbocycles. The first-order valence-corrected chi connectivity index (χ1v) is 28.4. The molecule has 6 heterocycles. The standard InChI is InChI=1S/C50H86N4O35/c1-13-28(66)36(74)37(75)48(79-13)87-42-27(54-17(5)64)45(84-24(11-60)41(42)86-50-39(77)44(33(71)23(10-59)83-50)89-47-26(53-16(4)63)35(73)31(69)21(8-57)81-47)78-12-19(65)29(67)40(18(6-55)51-14(2)61)85-49-38(76)43(32(70)22(9-58)82-49)88-46-25(52-15(3)62)34(72)30(68)20(7-56)80-46/h13,18-50,55-60,65-77H,6-12H2,1-5H3,(H,51,61)(H,52,62)(H,53,63)(H,54,64)/t13-,18+,19-,20-,21-,22-,23-,24-,25-,26-,27-,28+,29+,30+,31+,32+,33+,34-,35-,36+,37-,38-,39-,40-,41-,42-,43+,44+,45-,46+,47+,48-,49+,50+/m1/s1. The highest BCUT2D eigenvalue weighted by molar-refractivity contribution is 5.74. The topological polar surface area (TPSA) is 612 Å². The minimum absolute atomic E-state index is 0.785. The van der Waals surface area contributed by atoms with E-state index >= 15 is 0 Å². The van der Waals surface area contributed by atoms with E-state index in [1.54, 1.807) is 0 Å². The first-order chi connectivity index (χ1) is 42.0. The van der Waals surface area contributed by atoms with Crippen LogP contribution in [-0.4, -0.2) is 375 Å². The van der Waals surface area contributed by atoms with Crippen LogP contribution in [0.1, 0.15) is 34.6 Å². The van der Waals surface area contributed by atoms with Gasteiger partial charge < -0.3 is 175 Å². The summed E-state index contributed by atoms with van der Waals surface area (Å²) in [6.07, 6.45) is -58.5. The largest absolute Gasteiger partial charge is 0.394 e. The van der Waals surface area contributed by atoms with Gasteiger partial charge in [0.25, 0.3) is 0 Å². The zero-order valence-corrected chi connectivity index (χ0v) is 48.6. The van der Waals surface area contributed by atoms with Crippen molar-refractivity contribution in [3.05, 3.63) is 0 Å². The van der Waals surface area contributed by atoms with Gasteiger partial charge in [-0.3, -0.25) is 19.2 Å². The number of carbonyl (C=O) groups is 4. The average molecular weight is 1300 g/mol. The van der Waals surface area contributed by atoms with Crippen LogP contribution in [0.2, 0.25) is 0 Å². The van der Waals surface area contributed by atoms with Gasteiger partial charge in [-0.05, 0) is 6.92 Å². The summed E-state index contributed by atoms with van der Waals surface area (Å²) in [5.41, 5.74) is 0. The van der Waals surface area contributed by atoms with Crippen LogP contribution in [0.4, 0.5) is 0 Å². The van der Waals surface area contributed by atoms with Crippen molar-refractivity contribution in [1.82, 2.24) is 21.3 Å². The molecule has 6 aliphatic rings. The molecular formula is C50H86N4O35. The molecule has 6 saturated heterocycles. The van der Waals surface area contributed by atoms with E-state index in [0.29, 0.717) is 0 Å². The average Bonchev–Trinajstić information content (AvgIpc) is 1.65. The minimum atomic E-state index is -2.41. The number of nitrogens with one attached hydrogen (secondary N) is 4. The lowest BCUT2D eigenvalue weighted by atomic mass is 9.94. The summed E-state index contributed by atoms with van der Waals surface area (Å²) in [7, 11) is 0. The van der Waals surface area contributed by atoms with E-state index in [1.807, 2.05) is 0 Å².